The third kappa shape index (κ3) is 3.67. The quantitative estimate of drug-likeness (QED) is 0.672. The molecule has 0 fully saturated rings. The first-order valence-electron chi connectivity index (χ1n) is 9.54. The molecule has 154 valence electrons. The largest absolute Gasteiger partial charge is 0.351 e. The number of rotatable bonds is 5. The molecule has 1 aliphatic rings. The molecule has 0 spiro atoms. The zero-order chi connectivity index (χ0) is 21.3. The number of hydrogen-bond donors (Lipinski definition) is 2. The van der Waals surface area contributed by atoms with Crippen LogP contribution in [0.4, 0.5) is 10.1 Å². The predicted molar refractivity (Wildman–Crippen MR) is 111 cm³/mol. The maximum absolute atomic E-state index is 12.8. The van der Waals surface area contributed by atoms with Crippen LogP contribution >= 0.6 is 0 Å². The second kappa shape index (κ2) is 8.03. The molecule has 4 rings (SSSR count). The summed E-state index contributed by atoms with van der Waals surface area (Å²) in [4.78, 5) is 29.0. The van der Waals surface area contributed by atoms with Gasteiger partial charge in [-0.05, 0) is 54.3 Å². The molecule has 8 nitrogen and oxygen atoms in total. The number of nitrogens with one attached hydrogen (secondary N) is 1. The van der Waals surface area contributed by atoms with Crippen LogP contribution in [-0.4, -0.2) is 31.8 Å². The lowest BCUT2D eigenvalue weighted by Gasteiger charge is -2.20. The highest BCUT2D eigenvalue weighted by Crippen LogP contribution is 2.31. The molecule has 1 aliphatic heterocycles. The Labute approximate surface area is 171 Å². The minimum Gasteiger partial charge on any atom is -0.327 e. The Kier molecular flexibility index (Phi) is 5.28. The Hall–Kier alpha value is -3.59. The number of amides is 1. The molecular formula is C21H21FN6O2. The number of pyridine rings is 1. The summed E-state index contributed by atoms with van der Waals surface area (Å²) in [6.07, 6.45) is 2.88. The highest BCUT2D eigenvalue weighted by atomic mass is 19.1. The second-order valence-electron chi connectivity index (χ2n) is 7.17. The highest BCUT2D eigenvalue weighted by Gasteiger charge is 2.18. The van der Waals surface area contributed by atoms with Gasteiger partial charge < -0.3 is 11.1 Å². The van der Waals surface area contributed by atoms with E-state index < -0.39 is 5.69 Å². The number of aromatic nitrogens is 4. The Morgan fingerprint density at radius 3 is 2.90 bits per heavy atom. The first-order chi connectivity index (χ1) is 14.5. The average Bonchev–Trinajstić information content (AvgIpc) is 3.12. The molecule has 0 radical (unpaired) electrons. The molecule has 3 aromatic rings. The molecule has 0 saturated heterocycles. The number of carbonyl (C=O) groups excluding carboxylic acids is 1. The van der Waals surface area contributed by atoms with Crippen molar-refractivity contribution in [1.29, 1.82) is 0 Å². The first kappa shape index (κ1) is 19.7. The molecule has 0 atom stereocenters. The fourth-order valence-corrected chi connectivity index (χ4v) is 3.49. The van der Waals surface area contributed by atoms with Crippen molar-refractivity contribution in [1.82, 2.24) is 19.3 Å². The average molecular weight is 408 g/mol. The molecule has 1 aromatic carbocycles. The predicted octanol–water partition coefficient (Wildman–Crippen LogP) is 2.10. The number of hydrogen-bond acceptors (Lipinski definition) is 5. The van der Waals surface area contributed by atoms with Gasteiger partial charge in [0.15, 0.2) is 0 Å². The minimum atomic E-state index is -0.434. The molecule has 9 heteroatoms. The van der Waals surface area contributed by atoms with E-state index in [1.165, 1.54) is 10.9 Å². The van der Waals surface area contributed by atoms with E-state index in [2.05, 4.69) is 15.4 Å². The molecule has 2 aromatic heterocycles. The molecule has 3 heterocycles. The Balaban J connectivity index is 1.69. The van der Waals surface area contributed by atoms with Crippen molar-refractivity contribution in [3.63, 3.8) is 0 Å². The maximum atomic E-state index is 12.8. The highest BCUT2D eigenvalue weighted by molar-refractivity contribution is 5.95. The summed E-state index contributed by atoms with van der Waals surface area (Å²) in [5, 5.41) is 6.96. The minimum absolute atomic E-state index is 0.00166. The normalized spacial score (nSPS) is 13.8. The van der Waals surface area contributed by atoms with Gasteiger partial charge in [-0.3, -0.25) is 4.79 Å². The number of benzene rings is 1. The summed E-state index contributed by atoms with van der Waals surface area (Å²) in [6, 6.07) is 9.35. The van der Waals surface area contributed by atoms with Crippen molar-refractivity contribution in [3.8, 4) is 17.1 Å². The van der Waals surface area contributed by atoms with Crippen molar-refractivity contribution in [2.45, 2.75) is 26.3 Å². The van der Waals surface area contributed by atoms with E-state index in [1.807, 2.05) is 31.2 Å². The van der Waals surface area contributed by atoms with Gasteiger partial charge in [-0.15, -0.1) is 0 Å². The molecule has 0 aliphatic carbocycles. The zero-order valence-corrected chi connectivity index (χ0v) is 16.4. The van der Waals surface area contributed by atoms with Crippen LogP contribution in [0.3, 0.4) is 0 Å². The van der Waals surface area contributed by atoms with Gasteiger partial charge in [-0.25, -0.2) is 23.4 Å². The molecule has 0 unspecified atom stereocenters. The van der Waals surface area contributed by atoms with Crippen molar-refractivity contribution >= 4 is 11.6 Å². The van der Waals surface area contributed by atoms with Crippen molar-refractivity contribution in [2.24, 2.45) is 5.73 Å². The van der Waals surface area contributed by atoms with E-state index in [4.69, 9.17) is 5.73 Å². The van der Waals surface area contributed by atoms with Crippen LogP contribution in [0.15, 0.2) is 53.4 Å². The summed E-state index contributed by atoms with van der Waals surface area (Å²) >= 11 is 0. The van der Waals surface area contributed by atoms with Gasteiger partial charge in [0, 0.05) is 24.2 Å². The van der Waals surface area contributed by atoms with E-state index in [1.54, 1.807) is 6.07 Å². The summed E-state index contributed by atoms with van der Waals surface area (Å²) in [5.74, 6) is 0.432. The van der Waals surface area contributed by atoms with Gasteiger partial charge in [-0.1, -0.05) is 6.07 Å². The number of fused-ring (bicyclic) bond motifs is 1. The van der Waals surface area contributed by atoms with Crippen LogP contribution in [0.2, 0.25) is 0 Å². The SMILES string of the molecule is Cc1cc(-c2cccc(-n3cnn(C/C(=C/F)CN)c3=O)n2)cc2c1NC(=O)CC2. The second-order valence-corrected chi connectivity index (χ2v) is 7.17. The van der Waals surface area contributed by atoms with Crippen LogP contribution in [0.1, 0.15) is 17.5 Å². The summed E-state index contributed by atoms with van der Waals surface area (Å²) in [6.45, 7) is 1.93. The Morgan fingerprint density at radius 2 is 2.13 bits per heavy atom. The van der Waals surface area contributed by atoms with Gasteiger partial charge in [-0.2, -0.15) is 5.10 Å². The van der Waals surface area contributed by atoms with E-state index in [0.717, 1.165) is 27.1 Å². The lowest BCUT2D eigenvalue weighted by atomic mass is 9.95. The van der Waals surface area contributed by atoms with Crippen LogP contribution < -0.4 is 16.7 Å². The van der Waals surface area contributed by atoms with Gasteiger partial charge in [0.25, 0.3) is 0 Å². The lowest BCUT2D eigenvalue weighted by Crippen LogP contribution is -2.26. The number of halogens is 1. The van der Waals surface area contributed by atoms with Crippen molar-refractivity contribution in [3.05, 3.63) is 70.2 Å². The standard InChI is InChI=1S/C21H21FN6O2/c1-13-7-16(8-15-5-6-19(29)26-20(13)15)17-3-2-4-18(25-17)27-12-24-28(21(27)30)11-14(9-22)10-23/h2-4,7-9,12H,5-6,10-11,23H2,1H3,(H,26,29)/b14-9+. The Morgan fingerprint density at radius 1 is 1.30 bits per heavy atom. The van der Waals surface area contributed by atoms with E-state index >= 15 is 0 Å². The Bertz CT molecular complexity index is 1210. The molecular weight excluding hydrogens is 387 g/mol. The number of nitrogens with zero attached hydrogens (tertiary/aromatic N) is 4. The number of nitrogens with two attached hydrogens (primary N) is 1. The van der Waals surface area contributed by atoms with Crippen LogP contribution in [0.25, 0.3) is 17.1 Å². The third-order valence-electron chi connectivity index (χ3n) is 5.08. The van der Waals surface area contributed by atoms with Crippen molar-refractivity contribution in [2.75, 3.05) is 11.9 Å². The smallest absolute Gasteiger partial charge is 0.327 e. The fraction of sp³-hybridized carbons (Fsp3) is 0.238. The lowest BCUT2D eigenvalue weighted by molar-refractivity contribution is -0.116. The zero-order valence-electron chi connectivity index (χ0n) is 16.4. The van der Waals surface area contributed by atoms with E-state index in [9.17, 15) is 14.0 Å². The molecule has 30 heavy (non-hydrogen) atoms. The topological polar surface area (TPSA) is 108 Å². The fourth-order valence-electron chi connectivity index (χ4n) is 3.49. The molecule has 0 bridgehead atoms. The number of aryl methyl sites for hydroxylation is 2. The van der Waals surface area contributed by atoms with Crippen LogP contribution in [-0.2, 0) is 17.8 Å². The van der Waals surface area contributed by atoms with Gasteiger partial charge in [0.05, 0.1) is 18.6 Å². The van der Waals surface area contributed by atoms with E-state index in [-0.39, 0.29) is 24.6 Å². The molecule has 0 saturated carbocycles. The maximum Gasteiger partial charge on any atom is 0.351 e. The summed E-state index contributed by atoms with van der Waals surface area (Å²) < 4.78 is 15.2. The van der Waals surface area contributed by atoms with Gasteiger partial charge in [0.1, 0.15) is 12.1 Å². The third-order valence-corrected chi connectivity index (χ3v) is 5.08. The molecule has 1 amide bonds. The first-order valence-corrected chi connectivity index (χ1v) is 9.54. The van der Waals surface area contributed by atoms with Gasteiger partial charge in [0.2, 0.25) is 5.91 Å². The van der Waals surface area contributed by atoms with Crippen LogP contribution in [0, 0.1) is 6.92 Å². The summed E-state index contributed by atoms with van der Waals surface area (Å²) in [7, 11) is 0. The number of carbonyl (C=O) groups is 1. The van der Waals surface area contributed by atoms with Crippen LogP contribution in [0.5, 0.6) is 0 Å². The van der Waals surface area contributed by atoms with Crippen molar-refractivity contribution < 1.29 is 9.18 Å². The summed E-state index contributed by atoms with van der Waals surface area (Å²) in [5.41, 5.74) is 9.77. The van der Waals surface area contributed by atoms with Gasteiger partial charge >= 0.3 is 5.69 Å². The van der Waals surface area contributed by atoms with E-state index in [0.29, 0.717) is 30.7 Å². The monoisotopic (exact) mass is 408 g/mol. The number of anilines is 1. The molecule has 3 N–H and O–H groups in total.